The number of hydrogen-bond acceptors (Lipinski definition) is 5. The molecule has 0 unspecified atom stereocenters. The topological polar surface area (TPSA) is 195 Å². The van der Waals surface area contributed by atoms with Crippen LogP contribution in [0, 0.1) is 11.3 Å². The number of hydrogen-bond donors (Lipinski definition) is 7. The van der Waals surface area contributed by atoms with Gasteiger partial charge < -0.3 is 31.9 Å². The zero-order valence-corrected chi connectivity index (χ0v) is 16.5. The van der Waals surface area contributed by atoms with Gasteiger partial charge >= 0.3 is 11.9 Å². The first kappa shape index (κ1) is 24.1. The number of amides is 2. The first-order chi connectivity index (χ1) is 14.0. The lowest BCUT2D eigenvalue weighted by Gasteiger charge is -2.22. The number of aliphatic carboxylic acids is 2. The highest BCUT2D eigenvalue weighted by Gasteiger charge is 2.29. The maximum Gasteiger partial charge on any atom is 0.326 e. The van der Waals surface area contributed by atoms with Crippen LogP contribution in [-0.2, 0) is 19.2 Å². The molecule has 0 aliphatic heterocycles. The van der Waals surface area contributed by atoms with Crippen molar-refractivity contribution in [3.05, 3.63) is 35.9 Å². The summed E-state index contributed by atoms with van der Waals surface area (Å²) < 4.78 is 0. The van der Waals surface area contributed by atoms with Crippen LogP contribution in [0.3, 0.4) is 0 Å². The van der Waals surface area contributed by atoms with Crippen molar-refractivity contribution < 1.29 is 29.4 Å². The lowest BCUT2D eigenvalue weighted by Crippen LogP contribution is -2.53. The molecule has 1 aromatic carbocycles. The highest BCUT2D eigenvalue weighted by molar-refractivity contribution is 5.97. The number of guanidine groups is 1. The van der Waals surface area contributed by atoms with Gasteiger partial charge in [0.1, 0.15) is 12.1 Å². The van der Waals surface area contributed by atoms with Crippen LogP contribution in [0.15, 0.2) is 30.3 Å². The molecule has 0 radical (unpaired) electrons. The van der Waals surface area contributed by atoms with Gasteiger partial charge in [-0.05, 0) is 29.7 Å². The molecule has 2 atom stereocenters. The van der Waals surface area contributed by atoms with Crippen molar-refractivity contribution in [1.29, 1.82) is 5.41 Å². The van der Waals surface area contributed by atoms with Crippen molar-refractivity contribution in [1.82, 2.24) is 10.6 Å². The average molecular weight is 419 g/mol. The molecule has 0 aliphatic rings. The van der Waals surface area contributed by atoms with E-state index in [2.05, 4.69) is 16.0 Å². The standard InChI is InChI=1S/C19H25N5O6/c1-10(2)16(18(29)30)24-17(28)13(9-15(26)27)23-14(25)7-6-11-4-3-5-12(8-11)22-19(20)21/h3-8,10,13,16H,9H2,1-2H3,(H,23,25)(H,24,28)(H,26,27)(H,29,30)(H4,20,21,22)/t13-,16-/m0/s1. The monoisotopic (exact) mass is 419 g/mol. The first-order valence-electron chi connectivity index (χ1n) is 8.94. The summed E-state index contributed by atoms with van der Waals surface area (Å²) in [5, 5.41) is 32.5. The van der Waals surface area contributed by atoms with Crippen molar-refractivity contribution in [2.24, 2.45) is 11.7 Å². The van der Waals surface area contributed by atoms with E-state index >= 15 is 0 Å². The number of rotatable bonds is 10. The van der Waals surface area contributed by atoms with Gasteiger partial charge in [-0.2, -0.15) is 0 Å². The number of nitrogens with one attached hydrogen (secondary N) is 4. The fourth-order valence-corrected chi connectivity index (χ4v) is 2.42. The molecule has 1 rings (SSSR count). The fraction of sp³-hybridized carbons (Fsp3) is 0.316. The van der Waals surface area contributed by atoms with Crippen molar-refractivity contribution in [2.75, 3.05) is 5.32 Å². The van der Waals surface area contributed by atoms with E-state index in [1.807, 2.05) is 0 Å². The zero-order chi connectivity index (χ0) is 22.8. The molecule has 2 amide bonds. The van der Waals surface area contributed by atoms with E-state index in [9.17, 15) is 19.2 Å². The second kappa shape index (κ2) is 11.2. The molecular formula is C19H25N5O6. The molecule has 0 aromatic heterocycles. The number of nitrogens with two attached hydrogens (primary N) is 1. The van der Waals surface area contributed by atoms with Crippen LogP contribution >= 0.6 is 0 Å². The SMILES string of the molecule is CC(C)[C@H](NC(=O)[C@H](CC(=O)O)NC(=O)C=Cc1cccc(NC(=N)N)c1)C(=O)O. The lowest BCUT2D eigenvalue weighted by molar-refractivity contribution is -0.144. The Bertz CT molecular complexity index is 852. The molecule has 30 heavy (non-hydrogen) atoms. The maximum absolute atomic E-state index is 12.3. The van der Waals surface area contributed by atoms with Gasteiger partial charge in [-0.25, -0.2) is 4.79 Å². The number of anilines is 1. The van der Waals surface area contributed by atoms with E-state index in [-0.39, 0.29) is 5.96 Å². The van der Waals surface area contributed by atoms with Crippen molar-refractivity contribution in [2.45, 2.75) is 32.4 Å². The number of carboxylic acid groups (broad SMARTS) is 2. The Hall–Kier alpha value is -3.89. The molecule has 11 nitrogen and oxygen atoms in total. The zero-order valence-electron chi connectivity index (χ0n) is 16.5. The van der Waals surface area contributed by atoms with E-state index in [0.29, 0.717) is 11.3 Å². The molecule has 0 heterocycles. The molecule has 11 heteroatoms. The van der Waals surface area contributed by atoms with E-state index in [0.717, 1.165) is 6.08 Å². The van der Waals surface area contributed by atoms with Crippen molar-refractivity contribution in [3.63, 3.8) is 0 Å². The van der Waals surface area contributed by atoms with Gasteiger partial charge in [0.25, 0.3) is 0 Å². The van der Waals surface area contributed by atoms with Gasteiger partial charge in [-0.3, -0.25) is 19.8 Å². The predicted molar refractivity (Wildman–Crippen MR) is 110 cm³/mol. The second-order valence-corrected chi connectivity index (χ2v) is 6.73. The third kappa shape index (κ3) is 8.42. The summed E-state index contributed by atoms with van der Waals surface area (Å²) in [6, 6.07) is 3.95. The Morgan fingerprint density at radius 1 is 1.17 bits per heavy atom. The predicted octanol–water partition coefficient (Wildman–Crippen LogP) is 0.190. The van der Waals surface area contributed by atoms with Gasteiger partial charge in [0.05, 0.1) is 6.42 Å². The molecule has 1 aromatic rings. The van der Waals surface area contributed by atoms with Crippen LogP contribution < -0.4 is 21.7 Å². The minimum atomic E-state index is -1.45. The van der Waals surface area contributed by atoms with E-state index in [1.165, 1.54) is 6.08 Å². The maximum atomic E-state index is 12.3. The highest BCUT2D eigenvalue weighted by Crippen LogP contribution is 2.11. The molecule has 0 saturated heterocycles. The van der Waals surface area contributed by atoms with Gasteiger partial charge in [-0.1, -0.05) is 26.0 Å². The normalized spacial score (nSPS) is 12.8. The van der Waals surface area contributed by atoms with Gasteiger partial charge in [-0.15, -0.1) is 0 Å². The molecule has 0 spiro atoms. The molecule has 0 bridgehead atoms. The fourth-order valence-electron chi connectivity index (χ4n) is 2.42. The Labute approximate surface area is 172 Å². The summed E-state index contributed by atoms with van der Waals surface area (Å²) in [7, 11) is 0. The third-order valence-corrected chi connectivity index (χ3v) is 3.83. The van der Waals surface area contributed by atoms with Crippen LogP contribution in [-0.4, -0.2) is 52.0 Å². The number of carbonyl (C=O) groups excluding carboxylic acids is 2. The van der Waals surface area contributed by atoms with Gasteiger partial charge in [0.15, 0.2) is 5.96 Å². The van der Waals surface area contributed by atoms with E-state index in [1.54, 1.807) is 38.1 Å². The minimum absolute atomic E-state index is 0.252. The minimum Gasteiger partial charge on any atom is -0.481 e. The van der Waals surface area contributed by atoms with Crippen molar-refractivity contribution in [3.8, 4) is 0 Å². The summed E-state index contributed by atoms with van der Waals surface area (Å²) >= 11 is 0. The Morgan fingerprint density at radius 3 is 2.37 bits per heavy atom. The Kier molecular flexibility index (Phi) is 9.01. The smallest absolute Gasteiger partial charge is 0.326 e. The molecular weight excluding hydrogens is 394 g/mol. The molecule has 0 saturated carbocycles. The van der Waals surface area contributed by atoms with Crippen LogP contribution in [0.25, 0.3) is 6.08 Å². The van der Waals surface area contributed by atoms with Crippen molar-refractivity contribution >= 4 is 41.5 Å². The average Bonchev–Trinajstić information content (AvgIpc) is 2.62. The van der Waals surface area contributed by atoms with E-state index < -0.39 is 48.2 Å². The summed E-state index contributed by atoms with van der Waals surface area (Å²) in [6.45, 7) is 3.17. The lowest BCUT2D eigenvalue weighted by atomic mass is 10.0. The van der Waals surface area contributed by atoms with Crippen LogP contribution in [0.4, 0.5) is 5.69 Å². The quantitative estimate of drug-likeness (QED) is 0.158. The molecule has 0 aliphatic carbocycles. The number of carboxylic acids is 2. The summed E-state index contributed by atoms with van der Waals surface area (Å²) in [4.78, 5) is 46.8. The van der Waals surface area contributed by atoms with Gasteiger partial charge in [0.2, 0.25) is 11.8 Å². The second-order valence-electron chi connectivity index (χ2n) is 6.73. The van der Waals surface area contributed by atoms with E-state index in [4.69, 9.17) is 21.4 Å². The molecule has 0 fully saturated rings. The Morgan fingerprint density at radius 2 is 1.83 bits per heavy atom. The third-order valence-electron chi connectivity index (χ3n) is 3.83. The molecule has 162 valence electrons. The first-order valence-corrected chi connectivity index (χ1v) is 8.94. The van der Waals surface area contributed by atoms with Crippen LogP contribution in [0.1, 0.15) is 25.8 Å². The molecule has 8 N–H and O–H groups in total. The summed E-state index contributed by atoms with van der Waals surface area (Å²) in [6.07, 6.45) is 1.81. The van der Waals surface area contributed by atoms with Crippen LogP contribution in [0.2, 0.25) is 0 Å². The summed E-state index contributed by atoms with van der Waals surface area (Å²) in [5.74, 6) is -4.94. The summed E-state index contributed by atoms with van der Waals surface area (Å²) in [5.41, 5.74) is 6.37. The Balaban J connectivity index is 2.87. The number of carbonyl (C=O) groups is 4. The van der Waals surface area contributed by atoms with Gasteiger partial charge in [0, 0.05) is 11.8 Å². The van der Waals surface area contributed by atoms with Crippen LogP contribution in [0.5, 0.6) is 0 Å². The number of benzene rings is 1. The largest absolute Gasteiger partial charge is 0.481 e. The highest BCUT2D eigenvalue weighted by atomic mass is 16.4.